The molecule has 1 aliphatic heterocycles. The van der Waals surface area contributed by atoms with E-state index in [1.54, 1.807) is 16.4 Å². The average Bonchev–Trinajstić information content (AvgIpc) is 3.32. The number of rotatable bonds is 5. The molecule has 0 bridgehead atoms. The number of carbonyl (C=O) groups is 1. The number of nitrogens with zero attached hydrogens (tertiary/aromatic N) is 2. The normalized spacial score (nSPS) is 20.1. The minimum atomic E-state index is -3.61. The van der Waals surface area contributed by atoms with Gasteiger partial charge in [-0.2, -0.15) is 4.31 Å². The molecule has 3 aromatic rings. The van der Waals surface area contributed by atoms with Crippen molar-refractivity contribution < 1.29 is 13.2 Å². The number of sulfonamides is 1. The van der Waals surface area contributed by atoms with Gasteiger partial charge in [-0.05, 0) is 49.4 Å². The van der Waals surface area contributed by atoms with Crippen molar-refractivity contribution in [2.75, 3.05) is 18.4 Å². The molecule has 1 saturated heterocycles. The van der Waals surface area contributed by atoms with Crippen LogP contribution in [-0.4, -0.2) is 36.7 Å². The third-order valence-corrected chi connectivity index (χ3v) is 8.97. The van der Waals surface area contributed by atoms with Gasteiger partial charge in [0, 0.05) is 29.6 Å². The van der Waals surface area contributed by atoms with E-state index in [1.165, 1.54) is 29.0 Å². The van der Waals surface area contributed by atoms with Crippen molar-refractivity contribution in [1.82, 2.24) is 9.29 Å². The lowest BCUT2D eigenvalue weighted by atomic mass is 9.83. The van der Waals surface area contributed by atoms with Crippen LogP contribution < -0.4 is 5.32 Å². The Hall–Kier alpha value is -3.07. The molecule has 0 unspecified atom stereocenters. The fraction of sp³-hybridized carbons (Fsp3) is 0.231. The van der Waals surface area contributed by atoms with Crippen LogP contribution in [0.2, 0.25) is 0 Å². The molecule has 2 aromatic carbocycles. The number of aryl methyl sites for hydroxylation is 1. The summed E-state index contributed by atoms with van der Waals surface area (Å²) in [5, 5.41) is 5.20. The van der Waals surface area contributed by atoms with Gasteiger partial charge in [-0.15, -0.1) is 11.3 Å². The van der Waals surface area contributed by atoms with Crippen LogP contribution in [0, 0.1) is 18.8 Å². The maximum absolute atomic E-state index is 13.2. The van der Waals surface area contributed by atoms with E-state index in [0.29, 0.717) is 29.7 Å². The van der Waals surface area contributed by atoms with Crippen LogP contribution in [0.1, 0.15) is 22.3 Å². The fourth-order valence-electron chi connectivity index (χ4n) is 4.33. The molecule has 1 fully saturated rings. The van der Waals surface area contributed by atoms with Gasteiger partial charge in [0.05, 0.1) is 10.6 Å². The molecule has 0 saturated carbocycles. The third-order valence-electron chi connectivity index (χ3n) is 6.33. The van der Waals surface area contributed by atoms with E-state index in [2.05, 4.69) is 22.5 Å². The number of aromatic nitrogens is 1. The molecule has 2 atom stereocenters. The Morgan fingerprint density at radius 3 is 2.47 bits per heavy atom. The third kappa shape index (κ3) is 4.61. The summed E-state index contributed by atoms with van der Waals surface area (Å²) < 4.78 is 27.9. The van der Waals surface area contributed by atoms with Gasteiger partial charge in [0.2, 0.25) is 10.0 Å². The molecule has 1 amide bonds. The maximum Gasteiger partial charge on any atom is 0.257 e. The summed E-state index contributed by atoms with van der Waals surface area (Å²) in [5.41, 5.74) is 3.34. The van der Waals surface area contributed by atoms with Crippen molar-refractivity contribution in [1.29, 1.82) is 0 Å². The van der Waals surface area contributed by atoms with Crippen molar-refractivity contribution in [3.63, 3.8) is 0 Å². The number of amides is 1. The van der Waals surface area contributed by atoms with Crippen molar-refractivity contribution in [3.05, 3.63) is 89.3 Å². The lowest BCUT2D eigenvalue weighted by Crippen LogP contribution is -2.43. The van der Waals surface area contributed by atoms with Gasteiger partial charge in [0.25, 0.3) is 5.91 Å². The summed E-state index contributed by atoms with van der Waals surface area (Å²) in [6.07, 6.45) is 9.07. The topological polar surface area (TPSA) is 79.4 Å². The first-order valence-corrected chi connectivity index (χ1v) is 13.5. The highest BCUT2D eigenvalue weighted by molar-refractivity contribution is 7.89. The summed E-state index contributed by atoms with van der Waals surface area (Å²) >= 11 is 1.35. The largest absolute Gasteiger partial charge is 0.298 e. The highest BCUT2D eigenvalue weighted by Gasteiger charge is 2.34. The van der Waals surface area contributed by atoms with Crippen LogP contribution in [0.25, 0.3) is 11.3 Å². The highest BCUT2D eigenvalue weighted by Crippen LogP contribution is 2.32. The summed E-state index contributed by atoms with van der Waals surface area (Å²) in [5.74, 6) is 0.287. The highest BCUT2D eigenvalue weighted by atomic mass is 32.2. The Labute approximate surface area is 203 Å². The summed E-state index contributed by atoms with van der Waals surface area (Å²) in [6.45, 7) is 3.00. The van der Waals surface area contributed by atoms with Gasteiger partial charge in [0.1, 0.15) is 0 Å². The van der Waals surface area contributed by atoms with Crippen molar-refractivity contribution in [2.24, 2.45) is 11.8 Å². The van der Waals surface area contributed by atoms with Gasteiger partial charge in [0.15, 0.2) is 5.13 Å². The fourth-order valence-corrected chi connectivity index (χ4v) is 6.54. The summed E-state index contributed by atoms with van der Waals surface area (Å²) in [6, 6.07) is 14.2. The molecule has 0 spiro atoms. The van der Waals surface area contributed by atoms with Gasteiger partial charge in [-0.3, -0.25) is 10.1 Å². The predicted molar refractivity (Wildman–Crippen MR) is 135 cm³/mol. The number of fused-ring (bicyclic) bond motifs is 1. The molecule has 5 rings (SSSR count). The molecule has 8 heteroatoms. The first-order valence-electron chi connectivity index (χ1n) is 11.2. The Bertz CT molecular complexity index is 1360. The van der Waals surface area contributed by atoms with E-state index in [4.69, 9.17) is 0 Å². The number of piperidine rings is 1. The van der Waals surface area contributed by atoms with E-state index in [9.17, 15) is 13.2 Å². The molecule has 1 aliphatic carbocycles. The van der Waals surface area contributed by atoms with Gasteiger partial charge < -0.3 is 0 Å². The molecule has 2 aliphatic rings. The van der Waals surface area contributed by atoms with E-state index >= 15 is 0 Å². The second-order valence-corrected chi connectivity index (χ2v) is 11.4. The lowest BCUT2D eigenvalue weighted by Gasteiger charge is -2.36. The van der Waals surface area contributed by atoms with Crippen molar-refractivity contribution in [2.45, 2.75) is 18.2 Å². The standard InChI is InChI=1S/C26H25N3O3S2/c1-18-6-8-20(9-7-18)24-17-33-26(27-24)28-25(30)21-10-12-23(13-11-21)34(31,32)29-15-14-19-4-2-3-5-22(19)16-29/h2-13,17,19,22H,14-16H2,1H3,(H,27,28,30)/t19-,22-/m1/s1. The number of hydrogen-bond donors (Lipinski definition) is 1. The summed E-state index contributed by atoms with van der Waals surface area (Å²) in [4.78, 5) is 17.4. The number of allylic oxidation sites excluding steroid dienone is 3. The van der Waals surface area contributed by atoms with Crippen molar-refractivity contribution in [3.8, 4) is 11.3 Å². The Kier molecular flexibility index (Phi) is 6.20. The van der Waals surface area contributed by atoms with Crippen LogP contribution >= 0.6 is 11.3 Å². The minimum Gasteiger partial charge on any atom is -0.298 e. The smallest absolute Gasteiger partial charge is 0.257 e. The number of carbonyl (C=O) groups excluding carboxylic acids is 1. The molecule has 6 nitrogen and oxygen atoms in total. The first-order chi connectivity index (χ1) is 16.4. The second kappa shape index (κ2) is 9.29. The van der Waals surface area contributed by atoms with Crippen LogP contribution in [0.3, 0.4) is 0 Å². The molecule has 1 N–H and O–H groups in total. The summed E-state index contributed by atoms with van der Waals surface area (Å²) in [7, 11) is -3.61. The van der Waals surface area contributed by atoms with Crippen LogP contribution in [0.4, 0.5) is 5.13 Å². The zero-order valence-electron chi connectivity index (χ0n) is 18.7. The lowest BCUT2D eigenvalue weighted by molar-refractivity contribution is 0.102. The Balaban J connectivity index is 1.26. The number of hydrogen-bond acceptors (Lipinski definition) is 5. The van der Waals surface area contributed by atoms with Gasteiger partial charge in [-0.25, -0.2) is 13.4 Å². The monoisotopic (exact) mass is 491 g/mol. The number of thiazole rings is 1. The second-order valence-electron chi connectivity index (χ2n) is 8.63. The molecule has 2 heterocycles. The predicted octanol–water partition coefficient (Wildman–Crippen LogP) is 5.12. The number of benzene rings is 2. The SMILES string of the molecule is Cc1ccc(-c2csc(NC(=O)c3ccc(S(=O)(=O)N4CC[C@H]5C=CC=C[C@@H]5C4)cc3)n2)cc1. The molecule has 34 heavy (non-hydrogen) atoms. The number of anilines is 1. The van der Waals surface area contributed by atoms with Crippen LogP contribution in [0.15, 0.2) is 83.1 Å². The van der Waals surface area contributed by atoms with Crippen LogP contribution in [-0.2, 0) is 10.0 Å². The molecule has 1 aromatic heterocycles. The molecular formula is C26H25N3O3S2. The Morgan fingerprint density at radius 2 is 1.74 bits per heavy atom. The minimum absolute atomic E-state index is 0.203. The molecular weight excluding hydrogens is 466 g/mol. The van der Waals surface area contributed by atoms with E-state index in [0.717, 1.165) is 17.7 Å². The molecule has 0 radical (unpaired) electrons. The maximum atomic E-state index is 13.2. The van der Waals surface area contributed by atoms with Gasteiger partial charge in [-0.1, -0.05) is 54.1 Å². The van der Waals surface area contributed by atoms with E-state index < -0.39 is 10.0 Å². The zero-order chi connectivity index (χ0) is 23.7. The Morgan fingerprint density at radius 1 is 1.03 bits per heavy atom. The quantitative estimate of drug-likeness (QED) is 0.537. The van der Waals surface area contributed by atoms with E-state index in [-0.39, 0.29) is 16.7 Å². The van der Waals surface area contributed by atoms with E-state index in [1.807, 2.05) is 48.7 Å². The van der Waals surface area contributed by atoms with Gasteiger partial charge >= 0.3 is 0 Å². The molecule has 174 valence electrons. The van der Waals surface area contributed by atoms with Crippen molar-refractivity contribution >= 4 is 32.4 Å². The number of nitrogens with one attached hydrogen (secondary N) is 1. The zero-order valence-corrected chi connectivity index (χ0v) is 20.4. The first kappa shape index (κ1) is 22.7. The average molecular weight is 492 g/mol. The van der Waals surface area contributed by atoms with Crippen LogP contribution in [0.5, 0.6) is 0 Å².